The van der Waals surface area contributed by atoms with Gasteiger partial charge in [-0.05, 0) is 32.6 Å². The standard InChI is InChI=1S/C12H27NO2/c1-3-4-6-9-15-10-7-5-8-12(2,14)11-13/h14H,3-11,13H2,1-2H3. The molecule has 0 saturated heterocycles. The Labute approximate surface area is 94.0 Å². The summed E-state index contributed by atoms with van der Waals surface area (Å²) in [6.07, 6.45) is 6.42. The summed E-state index contributed by atoms with van der Waals surface area (Å²) in [7, 11) is 0. The Bertz CT molecular complexity index is 138. The van der Waals surface area contributed by atoms with E-state index in [2.05, 4.69) is 6.92 Å². The smallest absolute Gasteiger partial charge is 0.0741 e. The second-order valence-electron chi connectivity index (χ2n) is 4.48. The maximum Gasteiger partial charge on any atom is 0.0741 e. The number of unbranched alkanes of at least 4 members (excludes halogenated alkanes) is 3. The first-order valence-corrected chi connectivity index (χ1v) is 6.12. The molecule has 0 fully saturated rings. The highest BCUT2D eigenvalue weighted by Gasteiger charge is 2.16. The maximum absolute atomic E-state index is 9.63. The van der Waals surface area contributed by atoms with Crippen LogP contribution in [-0.4, -0.2) is 30.5 Å². The molecule has 0 saturated carbocycles. The van der Waals surface area contributed by atoms with Gasteiger partial charge >= 0.3 is 0 Å². The summed E-state index contributed by atoms with van der Waals surface area (Å²) in [6, 6.07) is 0. The van der Waals surface area contributed by atoms with Gasteiger partial charge in [-0.15, -0.1) is 0 Å². The molecule has 0 bridgehead atoms. The Balaban J connectivity index is 3.11. The first-order valence-electron chi connectivity index (χ1n) is 6.12. The number of ether oxygens (including phenoxy) is 1. The molecule has 0 amide bonds. The Morgan fingerprint density at radius 1 is 1.13 bits per heavy atom. The van der Waals surface area contributed by atoms with E-state index < -0.39 is 5.60 Å². The third kappa shape index (κ3) is 10.2. The first-order chi connectivity index (χ1) is 7.12. The summed E-state index contributed by atoms with van der Waals surface area (Å²) in [4.78, 5) is 0. The molecular weight excluding hydrogens is 190 g/mol. The molecule has 92 valence electrons. The highest BCUT2D eigenvalue weighted by atomic mass is 16.5. The van der Waals surface area contributed by atoms with Gasteiger partial charge in [-0.3, -0.25) is 0 Å². The van der Waals surface area contributed by atoms with Gasteiger partial charge in [0.1, 0.15) is 0 Å². The van der Waals surface area contributed by atoms with E-state index in [0.717, 1.165) is 38.9 Å². The Morgan fingerprint density at radius 2 is 1.73 bits per heavy atom. The molecule has 0 aromatic rings. The molecule has 1 atom stereocenters. The van der Waals surface area contributed by atoms with E-state index in [1.807, 2.05) is 0 Å². The lowest BCUT2D eigenvalue weighted by Gasteiger charge is -2.20. The molecule has 3 N–H and O–H groups in total. The van der Waals surface area contributed by atoms with Gasteiger partial charge in [0.2, 0.25) is 0 Å². The minimum atomic E-state index is -0.692. The molecule has 0 spiro atoms. The summed E-state index contributed by atoms with van der Waals surface area (Å²) in [5.74, 6) is 0. The molecule has 0 aliphatic heterocycles. The van der Waals surface area contributed by atoms with Crippen molar-refractivity contribution in [2.75, 3.05) is 19.8 Å². The van der Waals surface area contributed by atoms with Gasteiger partial charge in [-0.2, -0.15) is 0 Å². The summed E-state index contributed by atoms with van der Waals surface area (Å²) in [5, 5.41) is 9.63. The predicted molar refractivity (Wildman–Crippen MR) is 63.9 cm³/mol. The zero-order valence-electron chi connectivity index (χ0n) is 10.3. The number of rotatable bonds is 10. The van der Waals surface area contributed by atoms with Gasteiger partial charge < -0.3 is 15.6 Å². The molecule has 0 aliphatic rings. The zero-order valence-corrected chi connectivity index (χ0v) is 10.3. The first kappa shape index (κ1) is 14.9. The second-order valence-corrected chi connectivity index (χ2v) is 4.48. The van der Waals surface area contributed by atoms with E-state index in [1.165, 1.54) is 12.8 Å². The maximum atomic E-state index is 9.63. The summed E-state index contributed by atoms with van der Waals surface area (Å²) in [6.45, 7) is 6.00. The van der Waals surface area contributed by atoms with Gasteiger partial charge in [0, 0.05) is 19.8 Å². The monoisotopic (exact) mass is 217 g/mol. The molecule has 0 aromatic heterocycles. The van der Waals surface area contributed by atoms with E-state index in [9.17, 15) is 5.11 Å². The van der Waals surface area contributed by atoms with E-state index in [0.29, 0.717) is 6.54 Å². The number of aliphatic hydroxyl groups is 1. The average molecular weight is 217 g/mol. The van der Waals surface area contributed by atoms with Crippen molar-refractivity contribution in [2.45, 2.75) is 58.0 Å². The van der Waals surface area contributed by atoms with Crippen molar-refractivity contribution in [1.82, 2.24) is 0 Å². The Hall–Kier alpha value is -0.120. The van der Waals surface area contributed by atoms with Crippen LogP contribution < -0.4 is 5.73 Å². The third-order valence-corrected chi connectivity index (χ3v) is 2.59. The highest BCUT2D eigenvalue weighted by molar-refractivity contribution is 4.72. The molecule has 0 aliphatic carbocycles. The highest BCUT2D eigenvalue weighted by Crippen LogP contribution is 2.11. The van der Waals surface area contributed by atoms with Crippen LogP contribution in [-0.2, 0) is 4.74 Å². The summed E-state index contributed by atoms with van der Waals surface area (Å²) < 4.78 is 5.47. The van der Waals surface area contributed by atoms with Crippen LogP contribution in [0.4, 0.5) is 0 Å². The lowest BCUT2D eigenvalue weighted by atomic mass is 10.00. The van der Waals surface area contributed by atoms with Crippen molar-refractivity contribution in [3.63, 3.8) is 0 Å². The minimum absolute atomic E-state index is 0.338. The molecule has 3 heteroatoms. The van der Waals surface area contributed by atoms with Crippen molar-refractivity contribution in [2.24, 2.45) is 5.73 Å². The van der Waals surface area contributed by atoms with Gasteiger partial charge in [0.25, 0.3) is 0 Å². The molecule has 1 unspecified atom stereocenters. The summed E-state index contributed by atoms with van der Waals surface area (Å²) in [5.41, 5.74) is 4.73. The largest absolute Gasteiger partial charge is 0.389 e. The second kappa shape index (κ2) is 9.13. The van der Waals surface area contributed by atoms with Crippen molar-refractivity contribution < 1.29 is 9.84 Å². The lowest BCUT2D eigenvalue weighted by molar-refractivity contribution is 0.0527. The fourth-order valence-corrected chi connectivity index (χ4v) is 1.37. The van der Waals surface area contributed by atoms with Crippen LogP contribution in [0.1, 0.15) is 52.4 Å². The third-order valence-electron chi connectivity index (χ3n) is 2.59. The van der Waals surface area contributed by atoms with Crippen LogP contribution in [0.15, 0.2) is 0 Å². The SMILES string of the molecule is CCCCCOCCCCC(C)(O)CN. The van der Waals surface area contributed by atoms with Crippen LogP contribution >= 0.6 is 0 Å². The van der Waals surface area contributed by atoms with Crippen LogP contribution in [0.5, 0.6) is 0 Å². The van der Waals surface area contributed by atoms with Crippen molar-refractivity contribution >= 4 is 0 Å². The molecular formula is C12H27NO2. The van der Waals surface area contributed by atoms with E-state index in [4.69, 9.17) is 10.5 Å². The van der Waals surface area contributed by atoms with Gasteiger partial charge in [0.05, 0.1) is 5.60 Å². The Kier molecular flexibility index (Phi) is 9.06. The van der Waals surface area contributed by atoms with Crippen molar-refractivity contribution in [3.8, 4) is 0 Å². The van der Waals surface area contributed by atoms with Gasteiger partial charge in [-0.1, -0.05) is 19.8 Å². The Morgan fingerprint density at radius 3 is 2.27 bits per heavy atom. The van der Waals surface area contributed by atoms with E-state index >= 15 is 0 Å². The summed E-state index contributed by atoms with van der Waals surface area (Å²) >= 11 is 0. The minimum Gasteiger partial charge on any atom is -0.389 e. The number of hydrogen-bond acceptors (Lipinski definition) is 3. The quantitative estimate of drug-likeness (QED) is 0.551. The van der Waals surface area contributed by atoms with Crippen LogP contribution in [0, 0.1) is 0 Å². The lowest BCUT2D eigenvalue weighted by Crippen LogP contribution is -2.33. The van der Waals surface area contributed by atoms with Crippen LogP contribution in [0.25, 0.3) is 0 Å². The van der Waals surface area contributed by atoms with Gasteiger partial charge in [0.15, 0.2) is 0 Å². The fourth-order valence-electron chi connectivity index (χ4n) is 1.37. The van der Waals surface area contributed by atoms with Crippen LogP contribution in [0.2, 0.25) is 0 Å². The predicted octanol–water partition coefficient (Wildman–Crippen LogP) is 2.07. The van der Waals surface area contributed by atoms with E-state index in [1.54, 1.807) is 6.92 Å². The van der Waals surface area contributed by atoms with Gasteiger partial charge in [-0.25, -0.2) is 0 Å². The number of hydrogen-bond donors (Lipinski definition) is 2. The molecule has 3 nitrogen and oxygen atoms in total. The molecule has 0 heterocycles. The molecule has 0 radical (unpaired) electrons. The fraction of sp³-hybridized carbons (Fsp3) is 1.00. The van der Waals surface area contributed by atoms with Crippen LogP contribution in [0.3, 0.4) is 0 Å². The average Bonchev–Trinajstić information content (AvgIpc) is 2.22. The molecule has 0 rings (SSSR count). The topological polar surface area (TPSA) is 55.5 Å². The normalized spacial score (nSPS) is 15.2. The van der Waals surface area contributed by atoms with Crippen molar-refractivity contribution in [1.29, 1.82) is 0 Å². The number of nitrogens with two attached hydrogens (primary N) is 1. The van der Waals surface area contributed by atoms with E-state index in [-0.39, 0.29) is 0 Å². The van der Waals surface area contributed by atoms with Crippen molar-refractivity contribution in [3.05, 3.63) is 0 Å². The molecule has 15 heavy (non-hydrogen) atoms. The molecule has 0 aromatic carbocycles. The zero-order chi connectivity index (χ0) is 11.6.